The molecule has 3 aromatic rings. The number of nitrogens with zero attached hydrogens (tertiary/aromatic N) is 6. The van der Waals surface area contributed by atoms with Crippen LogP contribution in [0.4, 0.5) is 24.5 Å². The Morgan fingerprint density at radius 1 is 1.15 bits per heavy atom. The molecule has 208 valence electrons. The van der Waals surface area contributed by atoms with Crippen LogP contribution in [0, 0.1) is 0 Å². The number of nitrogens with one attached hydrogen (secondary N) is 1. The van der Waals surface area contributed by atoms with E-state index in [4.69, 9.17) is 0 Å². The van der Waals surface area contributed by atoms with E-state index in [0.717, 1.165) is 0 Å². The van der Waals surface area contributed by atoms with Crippen molar-refractivity contribution in [3.63, 3.8) is 0 Å². The van der Waals surface area contributed by atoms with Crippen LogP contribution in [0.3, 0.4) is 0 Å². The van der Waals surface area contributed by atoms with Crippen molar-refractivity contribution in [1.29, 1.82) is 0 Å². The number of rotatable bonds is 8. The van der Waals surface area contributed by atoms with Crippen molar-refractivity contribution in [3.8, 4) is 0 Å². The van der Waals surface area contributed by atoms with E-state index >= 15 is 0 Å². The van der Waals surface area contributed by atoms with E-state index in [1.54, 1.807) is 35.5 Å². The Hall–Kier alpha value is -3.71. The molecule has 1 unspecified atom stereocenters. The van der Waals surface area contributed by atoms with Gasteiger partial charge in [0.25, 0.3) is 18.2 Å². The number of amides is 2. The van der Waals surface area contributed by atoms with Gasteiger partial charge in [0.2, 0.25) is 0 Å². The number of alkyl halides is 3. The monoisotopic (exact) mass is 545 g/mol. The number of anilines is 2. The van der Waals surface area contributed by atoms with Gasteiger partial charge >= 0.3 is 0 Å². The zero-order valence-corrected chi connectivity index (χ0v) is 21.6. The third kappa shape index (κ3) is 5.55. The van der Waals surface area contributed by atoms with E-state index in [2.05, 4.69) is 15.4 Å². The van der Waals surface area contributed by atoms with Crippen molar-refractivity contribution in [1.82, 2.24) is 24.4 Å². The maximum absolute atomic E-state index is 14.6. The van der Waals surface area contributed by atoms with E-state index in [1.807, 2.05) is 4.90 Å². The molecule has 2 amide bonds. The molecule has 2 aliphatic rings. The number of halogens is 3. The lowest BCUT2D eigenvalue weighted by molar-refractivity contribution is -0.0159. The molecule has 0 spiro atoms. The summed E-state index contributed by atoms with van der Waals surface area (Å²) in [6.45, 7) is 3.82. The predicted molar refractivity (Wildman–Crippen MR) is 138 cm³/mol. The fourth-order valence-corrected chi connectivity index (χ4v) is 4.88. The second-order valence-corrected chi connectivity index (χ2v) is 10.4. The molecule has 13 heteroatoms. The quantitative estimate of drug-likeness (QED) is 0.448. The standard InChI is InChI=1S/C26H30F3N7O3/c1-26(2,39)21(27)14-35-13-16-10-19(32-24(37)18-12-31-36-5-3-4-30-23(18)36)20(11-17(16)25(35)38)34-8-6-33(7-9-34)15-22(28)29/h3-5,10-12,21-22,39H,6-9,13-15H2,1-2H3,(H,32,37). The first-order valence-corrected chi connectivity index (χ1v) is 12.7. The number of fused-ring (bicyclic) bond motifs is 2. The first kappa shape index (κ1) is 26.9. The van der Waals surface area contributed by atoms with Gasteiger partial charge in [0.15, 0.2) is 5.65 Å². The molecule has 2 aromatic heterocycles. The summed E-state index contributed by atoms with van der Waals surface area (Å²) in [5.41, 5.74) is 1.00. The Bertz CT molecular complexity index is 1380. The Morgan fingerprint density at radius 3 is 2.59 bits per heavy atom. The molecule has 1 atom stereocenters. The van der Waals surface area contributed by atoms with E-state index in [-0.39, 0.29) is 31.1 Å². The second-order valence-electron chi connectivity index (χ2n) is 10.4. The molecule has 5 rings (SSSR count). The Balaban J connectivity index is 1.45. The van der Waals surface area contributed by atoms with Gasteiger partial charge in [-0.05, 0) is 37.6 Å². The fourth-order valence-electron chi connectivity index (χ4n) is 4.88. The maximum Gasteiger partial charge on any atom is 0.261 e. The molecule has 4 heterocycles. The van der Waals surface area contributed by atoms with Gasteiger partial charge in [-0.15, -0.1) is 0 Å². The molecule has 1 saturated heterocycles. The van der Waals surface area contributed by atoms with E-state index in [1.165, 1.54) is 29.5 Å². The van der Waals surface area contributed by atoms with Crippen LogP contribution in [0.5, 0.6) is 0 Å². The Morgan fingerprint density at radius 2 is 1.90 bits per heavy atom. The van der Waals surface area contributed by atoms with Crippen molar-refractivity contribution in [2.75, 3.05) is 49.5 Å². The summed E-state index contributed by atoms with van der Waals surface area (Å²) in [6.07, 6.45) is 0.555. The van der Waals surface area contributed by atoms with Gasteiger partial charge in [0, 0.05) is 50.7 Å². The molecular formula is C26H30F3N7O3. The van der Waals surface area contributed by atoms with Gasteiger partial charge in [0.1, 0.15) is 11.7 Å². The van der Waals surface area contributed by atoms with Gasteiger partial charge < -0.3 is 20.2 Å². The van der Waals surface area contributed by atoms with Gasteiger partial charge in [-0.1, -0.05) is 0 Å². The SMILES string of the molecule is CC(C)(O)C(F)CN1Cc2cc(NC(=O)c3cnn4cccnc34)c(N3CCN(CC(F)F)CC3)cc2C1=O. The molecule has 39 heavy (non-hydrogen) atoms. The maximum atomic E-state index is 14.6. The minimum Gasteiger partial charge on any atom is -0.387 e. The highest BCUT2D eigenvalue weighted by Crippen LogP contribution is 2.36. The van der Waals surface area contributed by atoms with Crippen LogP contribution in [0.15, 0.2) is 36.8 Å². The molecule has 1 aromatic carbocycles. The van der Waals surface area contributed by atoms with Crippen LogP contribution in [0.1, 0.15) is 40.1 Å². The number of carbonyl (C=O) groups excluding carboxylic acids is 2. The van der Waals surface area contributed by atoms with Crippen LogP contribution in [-0.4, -0.2) is 98.8 Å². The summed E-state index contributed by atoms with van der Waals surface area (Å²) in [7, 11) is 0. The molecule has 10 nitrogen and oxygen atoms in total. The van der Waals surface area contributed by atoms with Gasteiger partial charge in [-0.3, -0.25) is 14.5 Å². The number of benzene rings is 1. The third-order valence-corrected chi connectivity index (χ3v) is 7.13. The van der Waals surface area contributed by atoms with E-state index in [0.29, 0.717) is 54.3 Å². The fraction of sp³-hybridized carbons (Fsp3) is 0.462. The minimum absolute atomic E-state index is 0.119. The van der Waals surface area contributed by atoms with Crippen LogP contribution in [0.2, 0.25) is 0 Å². The third-order valence-electron chi connectivity index (χ3n) is 7.13. The number of hydrogen-bond donors (Lipinski definition) is 2. The van der Waals surface area contributed by atoms with Crippen molar-refractivity contribution in [3.05, 3.63) is 53.5 Å². The summed E-state index contributed by atoms with van der Waals surface area (Å²) >= 11 is 0. The van der Waals surface area contributed by atoms with E-state index < -0.39 is 24.1 Å². The average Bonchev–Trinajstić information content (AvgIpc) is 3.44. The van der Waals surface area contributed by atoms with Gasteiger partial charge in [-0.2, -0.15) is 5.10 Å². The highest BCUT2D eigenvalue weighted by Gasteiger charge is 2.36. The molecule has 2 aliphatic heterocycles. The zero-order valence-electron chi connectivity index (χ0n) is 21.6. The van der Waals surface area contributed by atoms with Crippen molar-refractivity contribution < 1.29 is 27.9 Å². The van der Waals surface area contributed by atoms with Crippen molar-refractivity contribution in [2.24, 2.45) is 0 Å². The smallest absolute Gasteiger partial charge is 0.261 e. The zero-order chi connectivity index (χ0) is 27.9. The summed E-state index contributed by atoms with van der Waals surface area (Å²) in [6, 6.07) is 5.06. The number of aromatic nitrogens is 3. The van der Waals surface area contributed by atoms with Crippen LogP contribution < -0.4 is 10.2 Å². The van der Waals surface area contributed by atoms with Gasteiger partial charge in [0.05, 0.1) is 36.3 Å². The van der Waals surface area contributed by atoms with Crippen LogP contribution in [0.25, 0.3) is 5.65 Å². The first-order chi connectivity index (χ1) is 18.5. The minimum atomic E-state index is -2.43. The van der Waals surface area contributed by atoms with E-state index in [9.17, 15) is 27.9 Å². The Labute approximate surface area is 223 Å². The number of hydrogen-bond acceptors (Lipinski definition) is 7. The molecule has 0 bridgehead atoms. The Kier molecular flexibility index (Phi) is 7.21. The second kappa shape index (κ2) is 10.5. The number of aliphatic hydroxyl groups is 1. The van der Waals surface area contributed by atoms with Gasteiger partial charge in [-0.25, -0.2) is 22.7 Å². The first-order valence-electron chi connectivity index (χ1n) is 12.7. The highest BCUT2D eigenvalue weighted by atomic mass is 19.3. The summed E-state index contributed by atoms with van der Waals surface area (Å²) in [5, 5.41) is 17.1. The highest BCUT2D eigenvalue weighted by molar-refractivity contribution is 6.10. The van der Waals surface area contributed by atoms with Crippen LogP contribution in [-0.2, 0) is 6.54 Å². The molecular weight excluding hydrogens is 515 g/mol. The molecule has 0 saturated carbocycles. The number of piperazine rings is 1. The number of carbonyl (C=O) groups is 2. The molecule has 1 fully saturated rings. The van der Waals surface area contributed by atoms with Crippen molar-refractivity contribution in [2.45, 2.75) is 38.6 Å². The summed E-state index contributed by atoms with van der Waals surface area (Å²) < 4.78 is 41.9. The largest absolute Gasteiger partial charge is 0.387 e. The lowest BCUT2D eigenvalue weighted by Gasteiger charge is -2.37. The lowest BCUT2D eigenvalue weighted by atomic mass is 10.0. The molecule has 2 N–H and O–H groups in total. The van der Waals surface area contributed by atoms with Crippen molar-refractivity contribution >= 4 is 28.8 Å². The summed E-state index contributed by atoms with van der Waals surface area (Å²) in [5.74, 6) is -0.826. The lowest BCUT2D eigenvalue weighted by Crippen LogP contribution is -2.48. The average molecular weight is 546 g/mol. The van der Waals surface area contributed by atoms with Crippen LogP contribution >= 0.6 is 0 Å². The topological polar surface area (TPSA) is 106 Å². The molecule has 0 aliphatic carbocycles. The predicted octanol–water partition coefficient (Wildman–Crippen LogP) is 2.43. The molecule has 0 radical (unpaired) electrons. The summed E-state index contributed by atoms with van der Waals surface area (Å²) in [4.78, 5) is 35.7. The normalized spacial score (nSPS) is 17.3.